The molecule has 21 nitrogen and oxygen atoms in total. The van der Waals surface area contributed by atoms with Gasteiger partial charge in [0, 0.05) is 61.0 Å². The molecule has 0 spiro atoms. The number of rotatable bonds is 41. The van der Waals surface area contributed by atoms with Crippen LogP contribution in [0.2, 0.25) is 0 Å². The van der Waals surface area contributed by atoms with Gasteiger partial charge in [0.2, 0.25) is 5.36 Å². The highest BCUT2D eigenvalue weighted by atomic mass is 32.2. The standard InChI is InChI=1S/C54H82N2O19S2/c1-53(2,3)51-40-43(10-7-11-50-54(4,17-8-12-52(57)58)47-42-45(77(62,63)64)14-16-48(47)56(50)18-9-39-76(59,60)61)46-15-13-44(41-49(46)75-51)55(19-21-67-27-29-71-35-37-73-33-31-69-25-23-65-5)20-22-68-28-30-72-36-38-74-34-32-70-26-24-66-6/h7,10-11,13-16,40-42H,8-9,12,17-39H2,1-6H3,(H2-,57,58,59,60,61,62,63,64)/p+1. The SMILES string of the molecule is COCCOCCOCCOCCOCC[N+](CCOCCOCCOCCOCCOC)=c1ccc2c(/C=C/C=C3\N(CCCS(=O)(=O)O)c4ccc(S(=O)(=O)O)cc4C3(C)CCCC(=O)O)cc(C(C)(C)C)oc-2c1. The van der Waals surface area contributed by atoms with Crippen molar-refractivity contribution >= 4 is 38.0 Å². The predicted octanol–water partition coefficient (Wildman–Crippen LogP) is 5.33. The number of allylic oxidation sites excluding steroid dienone is 3. The highest BCUT2D eigenvalue weighted by Gasteiger charge is 2.43. The fourth-order valence-corrected chi connectivity index (χ4v) is 9.37. The molecule has 434 valence electrons. The zero-order chi connectivity index (χ0) is 56.2. The summed E-state index contributed by atoms with van der Waals surface area (Å²) < 4.78 is 132. The van der Waals surface area contributed by atoms with E-state index in [1.165, 1.54) is 12.1 Å². The number of carbonyl (C=O) groups is 1. The minimum atomic E-state index is -4.62. The second-order valence-electron chi connectivity index (χ2n) is 19.3. The van der Waals surface area contributed by atoms with Crippen molar-refractivity contribution in [3.63, 3.8) is 0 Å². The smallest absolute Gasteiger partial charge is 0.303 e. The van der Waals surface area contributed by atoms with Crippen LogP contribution in [-0.2, 0) is 83.2 Å². The number of carboxylic acid groups (broad SMARTS) is 1. The Balaban J connectivity index is 1.60. The van der Waals surface area contributed by atoms with Gasteiger partial charge in [-0.05, 0) is 73.7 Å². The number of methoxy groups -OCH3 is 2. The van der Waals surface area contributed by atoms with Gasteiger partial charge in [-0.2, -0.15) is 16.8 Å². The molecule has 2 aliphatic heterocycles. The van der Waals surface area contributed by atoms with Crippen LogP contribution in [0.4, 0.5) is 5.69 Å². The molecule has 0 fully saturated rings. The topological polar surface area (TPSA) is 258 Å². The maximum atomic E-state index is 12.4. The van der Waals surface area contributed by atoms with Crippen molar-refractivity contribution < 1.29 is 87.6 Å². The van der Waals surface area contributed by atoms with Crippen LogP contribution in [0.3, 0.4) is 0 Å². The molecule has 1 aliphatic carbocycles. The van der Waals surface area contributed by atoms with Crippen LogP contribution < -0.4 is 14.8 Å². The van der Waals surface area contributed by atoms with Crippen molar-refractivity contribution in [2.45, 2.75) is 69.1 Å². The molecule has 1 atom stereocenters. The van der Waals surface area contributed by atoms with Gasteiger partial charge < -0.3 is 61.8 Å². The number of nitrogens with zero attached hydrogens (tertiary/aromatic N) is 2. The lowest BCUT2D eigenvalue weighted by Gasteiger charge is -2.30. The van der Waals surface area contributed by atoms with Crippen molar-refractivity contribution in [2.75, 3.05) is 163 Å². The Hall–Kier alpha value is -4.18. The second-order valence-corrected chi connectivity index (χ2v) is 22.3. The maximum absolute atomic E-state index is 12.4. The first-order valence-electron chi connectivity index (χ1n) is 26.0. The largest absolute Gasteiger partial charge is 0.481 e. The zero-order valence-electron chi connectivity index (χ0n) is 45.7. The number of carboxylic acids is 1. The molecule has 0 saturated carbocycles. The van der Waals surface area contributed by atoms with Gasteiger partial charge >= 0.3 is 5.97 Å². The number of aliphatic carboxylic acids is 1. The van der Waals surface area contributed by atoms with E-state index < -0.39 is 42.8 Å². The van der Waals surface area contributed by atoms with Crippen LogP contribution in [0.25, 0.3) is 17.4 Å². The third-order valence-corrected chi connectivity index (χ3v) is 14.0. The van der Waals surface area contributed by atoms with E-state index in [0.717, 1.165) is 16.5 Å². The summed E-state index contributed by atoms with van der Waals surface area (Å²) in [7, 11) is -5.67. The number of anilines is 1. The minimum Gasteiger partial charge on any atom is -0.481 e. The summed E-state index contributed by atoms with van der Waals surface area (Å²) in [5, 5.41) is 10.5. The van der Waals surface area contributed by atoms with Gasteiger partial charge in [-0.3, -0.25) is 13.9 Å². The Labute approximate surface area is 454 Å². The first-order valence-corrected chi connectivity index (χ1v) is 29.0. The lowest BCUT2D eigenvalue weighted by atomic mass is 9.77. The highest BCUT2D eigenvalue weighted by Crippen LogP contribution is 2.51. The molecule has 0 aromatic heterocycles. The Bertz CT molecular complexity index is 2530. The number of fused-ring (bicyclic) bond motifs is 2. The Kier molecular flexibility index (Phi) is 28.9. The molecule has 77 heavy (non-hydrogen) atoms. The summed E-state index contributed by atoms with van der Waals surface area (Å²) in [6.07, 6.45) is 6.01. The summed E-state index contributed by atoms with van der Waals surface area (Å²) in [6, 6.07) is 12.2. The van der Waals surface area contributed by atoms with Gasteiger partial charge in [-0.15, -0.1) is 0 Å². The van der Waals surface area contributed by atoms with Crippen molar-refractivity contribution in [1.82, 2.24) is 4.58 Å². The third kappa shape index (κ3) is 23.6. The number of ether oxygens (including phenoxy) is 10. The molecule has 1 aromatic carbocycles. The van der Waals surface area contributed by atoms with E-state index in [0.29, 0.717) is 160 Å². The van der Waals surface area contributed by atoms with Gasteiger partial charge in [0.15, 0.2) is 13.1 Å². The Morgan fingerprint density at radius 2 is 1.19 bits per heavy atom. The molecule has 23 heteroatoms. The molecule has 1 unspecified atom stereocenters. The lowest BCUT2D eigenvalue weighted by molar-refractivity contribution is -0.137. The second kappa shape index (κ2) is 34.1. The van der Waals surface area contributed by atoms with Gasteiger partial charge in [-0.25, -0.2) is 4.58 Å². The van der Waals surface area contributed by atoms with E-state index in [1.54, 1.807) is 20.3 Å². The van der Waals surface area contributed by atoms with Crippen molar-refractivity contribution in [3.8, 4) is 11.3 Å². The highest BCUT2D eigenvalue weighted by molar-refractivity contribution is 7.86. The minimum absolute atomic E-state index is 0.0255. The van der Waals surface area contributed by atoms with Crippen LogP contribution in [0.15, 0.2) is 69.6 Å². The molecule has 1 aromatic rings. The van der Waals surface area contributed by atoms with E-state index in [4.69, 9.17) is 51.8 Å². The van der Waals surface area contributed by atoms with Crippen LogP contribution >= 0.6 is 0 Å². The van der Waals surface area contributed by atoms with E-state index in [1.807, 2.05) is 54.3 Å². The quantitative estimate of drug-likeness (QED) is 0.0368. The molecule has 3 N–H and O–H groups in total. The summed E-state index contributed by atoms with van der Waals surface area (Å²) >= 11 is 0. The molecule has 0 radical (unpaired) electrons. The first-order chi connectivity index (χ1) is 36.8. The van der Waals surface area contributed by atoms with Gasteiger partial charge in [-0.1, -0.05) is 32.9 Å². The maximum Gasteiger partial charge on any atom is 0.303 e. The number of hydrogen-bond donors (Lipinski definition) is 3. The van der Waals surface area contributed by atoms with E-state index in [9.17, 15) is 35.8 Å². The van der Waals surface area contributed by atoms with Crippen LogP contribution in [0.1, 0.15) is 70.3 Å². The summed E-state index contributed by atoms with van der Waals surface area (Å²) in [6.45, 7) is 17.4. The van der Waals surface area contributed by atoms with Gasteiger partial charge in [0.25, 0.3) is 20.2 Å². The Morgan fingerprint density at radius 1 is 0.688 bits per heavy atom. The fourth-order valence-electron chi connectivity index (χ4n) is 8.37. The fraction of sp³-hybridized carbons (Fsp3) is 0.630. The summed E-state index contributed by atoms with van der Waals surface area (Å²) in [4.78, 5) is 13.2. The van der Waals surface area contributed by atoms with Crippen molar-refractivity contribution in [3.05, 3.63) is 82.6 Å². The molecule has 2 heterocycles. The monoisotopic (exact) mass is 1130 g/mol. The third-order valence-electron chi connectivity index (χ3n) is 12.4. The predicted molar refractivity (Wildman–Crippen MR) is 290 cm³/mol. The van der Waals surface area contributed by atoms with E-state index >= 15 is 0 Å². The average molecular weight is 1130 g/mol. The molecule has 3 aliphatic rings. The van der Waals surface area contributed by atoms with Crippen LogP contribution in [0, 0.1) is 0 Å². The van der Waals surface area contributed by atoms with E-state index in [-0.39, 0.29) is 37.1 Å². The zero-order valence-corrected chi connectivity index (χ0v) is 47.4. The molecular formula is C54H83N2O19S2+. The van der Waals surface area contributed by atoms with Crippen LogP contribution in [0.5, 0.6) is 0 Å². The van der Waals surface area contributed by atoms with Crippen molar-refractivity contribution in [1.29, 1.82) is 0 Å². The van der Waals surface area contributed by atoms with Crippen LogP contribution in [-0.4, -0.2) is 196 Å². The Morgan fingerprint density at radius 3 is 1.66 bits per heavy atom. The van der Waals surface area contributed by atoms with Gasteiger partial charge in [0.1, 0.15) is 24.7 Å². The number of hydrogen-bond acceptors (Lipinski definition) is 17. The van der Waals surface area contributed by atoms with E-state index in [2.05, 4.69) is 25.3 Å². The molecule has 0 bridgehead atoms. The first kappa shape index (κ1) is 65.3. The molecular weight excluding hydrogens is 1040 g/mol. The molecule has 0 saturated heterocycles. The normalized spacial score (nSPS) is 15.6. The number of benzene rings is 2. The van der Waals surface area contributed by atoms with Crippen molar-refractivity contribution in [2.24, 2.45) is 0 Å². The average Bonchev–Trinajstić information content (AvgIpc) is 3.70. The summed E-state index contributed by atoms with van der Waals surface area (Å²) in [5.74, 6) is -0.178. The summed E-state index contributed by atoms with van der Waals surface area (Å²) in [5.41, 5.74) is 1.99. The molecule has 4 rings (SSSR count). The molecule has 0 amide bonds. The van der Waals surface area contributed by atoms with Gasteiger partial charge in [0.05, 0.1) is 122 Å². The lowest BCUT2D eigenvalue weighted by Crippen LogP contribution is -2.36.